The van der Waals surface area contributed by atoms with Crippen molar-refractivity contribution in [1.82, 2.24) is 20.3 Å². The second-order valence-electron chi connectivity index (χ2n) is 10.5. The van der Waals surface area contributed by atoms with Gasteiger partial charge in [-0.1, -0.05) is 50.1 Å². The predicted molar refractivity (Wildman–Crippen MR) is 155 cm³/mol. The molecule has 0 saturated carbocycles. The number of fused-ring (bicyclic) bond motifs is 2. The summed E-state index contributed by atoms with van der Waals surface area (Å²) in [7, 11) is 0. The third-order valence-corrected chi connectivity index (χ3v) is 7.24. The van der Waals surface area contributed by atoms with E-state index < -0.39 is 30.1 Å². The lowest BCUT2D eigenvalue weighted by Crippen LogP contribution is -2.44. The Hall–Kier alpha value is -4.85. The first-order valence-corrected chi connectivity index (χ1v) is 14.3. The SMILES string of the molecule is CCCCCc1nc(C[C@H](C(=O)N[C@@H](Cc2c[nH]c3ccccc23)C(=O)O)c2ccc3c(c2)OOC3)c[nH]1.O=C(O)C(F)(F)F. The highest BCUT2D eigenvalue weighted by molar-refractivity contribution is 5.89. The van der Waals surface area contributed by atoms with Crippen LogP contribution < -0.4 is 10.2 Å². The van der Waals surface area contributed by atoms with Crippen LogP contribution in [-0.4, -0.2) is 55.2 Å². The van der Waals surface area contributed by atoms with Crippen LogP contribution in [0.4, 0.5) is 13.2 Å². The molecule has 2 aromatic carbocycles. The van der Waals surface area contributed by atoms with E-state index in [-0.39, 0.29) is 12.3 Å². The number of hydrogen-bond donors (Lipinski definition) is 5. The summed E-state index contributed by atoms with van der Waals surface area (Å²) in [5.74, 6) is -3.44. The number of aromatic nitrogens is 3. The van der Waals surface area contributed by atoms with E-state index in [0.717, 1.165) is 59.2 Å². The Morgan fingerprint density at radius 3 is 2.51 bits per heavy atom. The van der Waals surface area contributed by atoms with Crippen molar-refractivity contribution in [2.75, 3.05) is 0 Å². The van der Waals surface area contributed by atoms with Crippen LogP contribution in [0.25, 0.3) is 10.9 Å². The summed E-state index contributed by atoms with van der Waals surface area (Å²) in [6.45, 7) is 2.50. The zero-order valence-corrected chi connectivity index (χ0v) is 24.3. The van der Waals surface area contributed by atoms with Gasteiger partial charge in [0.15, 0.2) is 5.75 Å². The highest BCUT2D eigenvalue weighted by Gasteiger charge is 2.38. The number of carbonyl (C=O) groups excluding carboxylic acids is 1. The molecular weight excluding hydrogens is 597 g/mol. The number of hydrogen-bond acceptors (Lipinski definition) is 6. The number of alkyl halides is 3. The van der Waals surface area contributed by atoms with Crippen LogP contribution in [0.5, 0.6) is 5.75 Å². The van der Waals surface area contributed by atoms with E-state index in [4.69, 9.17) is 24.7 Å². The van der Waals surface area contributed by atoms with Gasteiger partial charge in [0.05, 0.1) is 11.6 Å². The smallest absolute Gasteiger partial charge is 0.480 e. The number of nitrogens with zero attached hydrogens (tertiary/aromatic N) is 1. The van der Waals surface area contributed by atoms with Crippen molar-refractivity contribution in [3.8, 4) is 5.75 Å². The lowest BCUT2D eigenvalue weighted by molar-refractivity contribution is -0.194. The summed E-state index contributed by atoms with van der Waals surface area (Å²) >= 11 is 0. The molecule has 1 aliphatic rings. The summed E-state index contributed by atoms with van der Waals surface area (Å²) in [6, 6.07) is 12.1. The van der Waals surface area contributed by atoms with Crippen molar-refractivity contribution >= 4 is 28.7 Å². The fourth-order valence-electron chi connectivity index (χ4n) is 4.88. The van der Waals surface area contributed by atoms with Crippen molar-refractivity contribution in [2.45, 2.75) is 70.2 Å². The van der Waals surface area contributed by atoms with E-state index in [1.165, 1.54) is 0 Å². The zero-order valence-electron chi connectivity index (χ0n) is 24.3. The molecule has 5 rings (SSSR count). The van der Waals surface area contributed by atoms with Crippen LogP contribution in [0, 0.1) is 0 Å². The lowest BCUT2D eigenvalue weighted by Gasteiger charge is -2.21. The average Bonchev–Trinajstić information content (AvgIpc) is 3.75. The van der Waals surface area contributed by atoms with E-state index in [2.05, 4.69) is 22.2 Å². The molecule has 3 heterocycles. The third-order valence-electron chi connectivity index (χ3n) is 7.24. The number of carbonyl (C=O) groups is 3. The van der Waals surface area contributed by atoms with E-state index in [1.807, 2.05) is 42.6 Å². The topological polar surface area (TPSA) is 167 Å². The van der Waals surface area contributed by atoms with E-state index in [0.29, 0.717) is 24.3 Å². The number of unbranched alkanes of at least 4 members (excludes halogenated alkanes) is 2. The van der Waals surface area contributed by atoms with Crippen LogP contribution in [0.15, 0.2) is 54.9 Å². The Bertz CT molecular complexity index is 1630. The second kappa shape index (κ2) is 14.8. The van der Waals surface area contributed by atoms with Gasteiger partial charge in [-0.2, -0.15) is 18.1 Å². The van der Waals surface area contributed by atoms with Crippen molar-refractivity contribution in [3.63, 3.8) is 0 Å². The average molecular weight is 631 g/mol. The monoisotopic (exact) mass is 630 g/mol. The Balaban J connectivity index is 0.000000591. The van der Waals surface area contributed by atoms with Crippen molar-refractivity contribution in [2.24, 2.45) is 0 Å². The molecule has 240 valence electrons. The fourth-order valence-corrected chi connectivity index (χ4v) is 4.88. The maximum Gasteiger partial charge on any atom is 0.490 e. The van der Waals surface area contributed by atoms with Gasteiger partial charge < -0.3 is 30.4 Å². The van der Waals surface area contributed by atoms with E-state index in [1.54, 1.807) is 12.3 Å². The number of amides is 1. The highest BCUT2D eigenvalue weighted by Crippen LogP contribution is 2.32. The molecule has 0 bridgehead atoms. The number of carboxylic acid groups (broad SMARTS) is 2. The molecule has 14 heteroatoms. The third kappa shape index (κ3) is 8.85. The molecule has 0 aliphatic carbocycles. The number of para-hydroxylation sites is 1. The number of aromatic amines is 2. The molecule has 0 spiro atoms. The van der Waals surface area contributed by atoms with Gasteiger partial charge in [0, 0.05) is 48.1 Å². The van der Waals surface area contributed by atoms with Crippen LogP contribution in [0.2, 0.25) is 0 Å². The van der Waals surface area contributed by atoms with Crippen molar-refractivity contribution in [1.29, 1.82) is 0 Å². The summed E-state index contributed by atoms with van der Waals surface area (Å²) < 4.78 is 31.7. The number of halogens is 3. The summed E-state index contributed by atoms with van der Waals surface area (Å²) in [6.07, 6.45) is 3.16. The molecule has 2 aromatic heterocycles. The Kier molecular flexibility index (Phi) is 10.8. The number of benzene rings is 2. The minimum atomic E-state index is -5.08. The highest BCUT2D eigenvalue weighted by atomic mass is 19.4. The first-order valence-electron chi connectivity index (χ1n) is 14.3. The molecule has 1 aliphatic heterocycles. The first kappa shape index (κ1) is 33.1. The summed E-state index contributed by atoms with van der Waals surface area (Å²) in [5.41, 5.74) is 4.10. The largest absolute Gasteiger partial charge is 0.490 e. The number of imidazole rings is 1. The molecular formula is C31H33F3N4O7. The van der Waals surface area contributed by atoms with Gasteiger partial charge in [-0.05, 0) is 29.7 Å². The van der Waals surface area contributed by atoms with Crippen LogP contribution in [0.3, 0.4) is 0 Å². The van der Waals surface area contributed by atoms with Gasteiger partial charge in [0.25, 0.3) is 0 Å². The Morgan fingerprint density at radius 1 is 1.04 bits per heavy atom. The van der Waals surface area contributed by atoms with Gasteiger partial charge in [-0.25, -0.2) is 14.6 Å². The Morgan fingerprint density at radius 2 is 1.80 bits per heavy atom. The molecule has 0 radical (unpaired) electrons. The Labute approximate surface area is 255 Å². The standard InChI is InChI=1S/C29H32N4O5.C2HF3O2/c1-2-3-4-9-27-31-16-21(32-27)14-23(18-10-11-19-17-37-38-26(19)13-18)28(34)33-25(29(35)36)12-20-15-30-24-8-6-5-7-22(20)24;3-2(4,5)1(6)7/h5-8,10-11,13,15-16,23,25,30H,2-4,9,12,14,17H2,1H3,(H,31,32)(H,33,34)(H,35,36);(H,6,7)/t23-,25-;/m0./s1. The van der Waals surface area contributed by atoms with Gasteiger partial charge in [0.1, 0.15) is 18.5 Å². The lowest BCUT2D eigenvalue weighted by atomic mass is 9.91. The molecule has 0 saturated heterocycles. The summed E-state index contributed by atoms with van der Waals surface area (Å²) in [5, 5.41) is 20.8. The minimum Gasteiger partial charge on any atom is -0.480 e. The number of carboxylic acids is 2. The quantitative estimate of drug-likeness (QED) is 0.105. The number of nitrogens with one attached hydrogen (secondary N) is 3. The van der Waals surface area contributed by atoms with Crippen molar-refractivity contribution < 1.29 is 47.5 Å². The minimum absolute atomic E-state index is 0.156. The number of aliphatic carboxylic acids is 2. The van der Waals surface area contributed by atoms with Gasteiger partial charge in [-0.15, -0.1) is 0 Å². The van der Waals surface area contributed by atoms with E-state index >= 15 is 0 Å². The molecule has 0 fully saturated rings. The maximum absolute atomic E-state index is 13.7. The zero-order chi connectivity index (χ0) is 32.6. The number of rotatable bonds is 12. The molecule has 0 unspecified atom stereocenters. The molecule has 1 amide bonds. The number of aryl methyl sites for hydroxylation is 1. The van der Waals surface area contributed by atoms with Crippen molar-refractivity contribution in [3.05, 3.63) is 83.1 Å². The molecule has 2 atom stereocenters. The van der Waals surface area contributed by atoms with Crippen LogP contribution >= 0.6 is 0 Å². The molecule has 11 nitrogen and oxygen atoms in total. The molecule has 5 N–H and O–H groups in total. The van der Waals surface area contributed by atoms with Crippen LogP contribution in [0.1, 0.15) is 60.3 Å². The fraction of sp³-hybridized carbons (Fsp3) is 0.355. The second-order valence-corrected chi connectivity index (χ2v) is 10.5. The number of H-pyrrole nitrogens is 2. The van der Waals surface area contributed by atoms with Gasteiger partial charge >= 0.3 is 18.1 Å². The predicted octanol–water partition coefficient (Wildman–Crippen LogP) is 5.22. The maximum atomic E-state index is 13.7. The van der Waals surface area contributed by atoms with Gasteiger partial charge in [0.2, 0.25) is 5.91 Å². The summed E-state index contributed by atoms with van der Waals surface area (Å²) in [4.78, 5) is 56.2. The van der Waals surface area contributed by atoms with Crippen LogP contribution in [-0.2, 0) is 45.1 Å². The molecule has 45 heavy (non-hydrogen) atoms. The van der Waals surface area contributed by atoms with E-state index in [9.17, 15) is 27.9 Å². The normalized spacial score (nSPS) is 13.7. The van der Waals surface area contributed by atoms with Gasteiger partial charge in [-0.3, -0.25) is 4.79 Å². The first-order chi connectivity index (χ1) is 21.5. The molecule has 4 aromatic rings.